The molecular weight excluding hydrogens is 372 g/mol. The van der Waals surface area contributed by atoms with Crippen LogP contribution in [0.3, 0.4) is 0 Å². The molecule has 1 aromatic carbocycles. The predicted octanol–water partition coefficient (Wildman–Crippen LogP) is 4.32. The number of aryl methyl sites for hydroxylation is 1. The largest absolute Gasteiger partial charge is 0.289 e. The quantitative estimate of drug-likeness (QED) is 0.581. The lowest BCUT2D eigenvalue weighted by molar-refractivity contribution is 0.104. The molecule has 0 bridgehead atoms. The van der Waals surface area contributed by atoms with Crippen molar-refractivity contribution in [3.8, 4) is 0 Å². The number of rotatable bonds is 4. The number of hydrogen-bond donors (Lipinski definition) is 0. The molecule has 2 aromatic rings. The number of halogens is 2. The summed E-state index contributed by atoms with van der Waals surface area (Å²) in [6.07, 6.45) is 5.15. The van der Waals surface area contributed by atoms with Gasteiger partial charge in [0.1, 0.15) is 0 Å². The van der Waals surface area contributed by atoms with Crippen molar-refractivity contribution in [3.63, 3.8) is 0 Å². The Morgan fingerprint density at radius 1 is 1.32 bits per heavy atom. The van der Waals surface area contributed by atoms with Crippen molar-refractivity contribution in [2.24, 2.45) is 0 Å². The summed E-state index contributed by atoms with van der Waals surface area (Å²) in [6, 6.07) is 7.28. The van der Waals surface area contributed by atoms with E-state index in [9.17, 15) is 4.79 Å². The lowest BCUT2D eigenvalue weighted by Crippen LogP contribution is -1.95. The van der Waals surface area contributed by atoms with Gasteiger partial charge in [-0.05, 0) is 59.3 Å². The summed E-state index contributed by atoms with van der Waals surface area (Å²) in [5, 5.41) is 4.33. The van der Waals surface area contributed by atoms with Crippen molar-refractivity contribution in [1.82, 2.24) is 9.78 Å². The van der Waals surface area contributed by atoms with E-state index in [4.69, 9.17) is 0 Å². The molecule has 0 radical (unpaired) electrons. The van der Waals surface area contributed by atoms with Crippen LogP contribution in [0.4, 0.5) is 0 Å². The topological polar surface area (TPSA) is 34.9 Å². The molecule has 0 saturated heterocycles. The molecule has 0 atom stereocenters. The average Bonchev–Trinajstić information content (AvgIpc) is 2.77. The first-order valence-corrected chi connectivity index (χ1v) is 7.39. The van der Waals surface area contributed by atoms with Crippen LogP contribution in [0.5, 0.6) is 0 Å². The summed E-state index contributed by atoms with van der Waals surface area (Å²) < 4.78 is 3.65. The van der Waals surface area contributed by atoms with Crippen molar-refractivity contribution in [2.75, 3.05) is 0 Å². The number of allylic oxidation sites excluding steroid dienone is 1. The van der Waals surface area contributed by atoms with Gasteiger partial charge in [-0.15, -0.1) is 0 Å². The Morgan fingerprint density at radius 2 is 2.00 bits per heavy atom. The summed E-state index contributed by atoms with van der Waals surface area (Å²) in [5.41, 5.74) is 1.41. The highest BCUT2D eigenvalue weighted by Gasteiger charge is 2.04. The van der Waals surface area contributed by atoms with Gasteiger partial charge in [0, 0.05) is 22.8 Å². The third-order valence-electron chi connectivity index (χ3n) is 2.59. The van der Waals surface area contributed by atoms with Crippen LogP contribution in [0.2, 0.25) is 0 Å². The molecule has 0 N–H and O–H groups in total. The van der Waals surface area contributed by atoms with Crippen molar-refractivity contribution >= 4 is 43.7 Å². The fourth-order valence-electron chi connectivity index (χ4n) is 1.55. The molecule has 0 aliphatic carbocycles. The molecule has 5 heteroatoms. The van der Waals surface area contributed by atoms with Crippen LogP contribution >= 0.6 is 31.9 Å². The van der Waals surface area contributed by atoms with Gasteiger partial charge in [0.25, 0.3) is 0 Å². The second kappa shape index (κ2) is 6.30. The minimum absolute atomic E-state index is 0.0366. The van der Waals surface area contributed by atoms with Crippen LogP contribution in [0.1, 0.15) is 23.0 Å². The van der Waals surface area contributed by atoms with E-state index in [0.717, 1.165) is 21.2 Å². The number of carbonyl (C=O) groups excluding carboxylic acids is 1. The van der Waals surface area contributed by atoms with Gasteiger partial charge in [0.05, 0.1) is 10.2 Å². The van der Waals surface area contributed by atoms with Gasteiger partial charge in [0.2, 0.25) is 0 Å². The first-order chi connectivity index (χ1) is 9.10. The summed E-state index contributed by atoms with van der Waals surface area (Å²) in [5.74, 6) is -0.0366. The van der Waals surface area contributed by atoms with Crippen LogP contribution in [-0.2, 0) is 6.54 Å². The highest BCUT2D eigenvalue weighted by atomic mass is 79.9. The van der Waals surface area contributed by atoms with Crippen molar-refractivity contribution in [2.45, 2.75) is 13.5 Å². The van der Waals surface area contributed by atoms with Gasteiger partial charge in [-0.3, -0.25) is 9.48 Å². The lowest BCUT2D eigenvalue weighted by Gasteiger charge is -1.95. The molecule has 3 nitrogen and oxygen atoms in total. The predicted molar refractivity (Wildman–Crippen MR) is 83.1 cm³/mol. The molecule has 19 heavy (non-hydrogen) atoms. The van der Waals surface area contributed by atoms with E-state index in [2.05, 4.69) is 37.0 Å². The third kappa shape index (κ3) is 3.64. The Morgan fingerprint density at radius 3 is 2.58 bits per heavy atom. The minimum Gasteiger partial charge on any atom is -0.289 e. The molecule has 0 fully saturated rings. The fourth-order valence-corrected chi connectivity index (χ4v) is 2.26. The molecule has 2 rings (SSSR count). The number of carbonyl (C=O) groups is 1. The van der Waals surface area contributed by atoms with Crippen molar-refractivity contribution in [3.05, 3.63) is 56.7 Å². The Kier molecular flexibility index (Phi) is 4.71. The van der Waals surface area contributed by atoms with E-state index in [-0.39, 0.29) is 5.78 Å². The molecule has 0 aliphatic heterocycles. The molecule has 0 unspecified atom stereocenters. The zero-order chi connectivity index (χ0) is 13.8. The van der Waals surface area contributed by atoms with E-state index in [0.29, 0.717) is 5.56 Å². The molecule has 1 heterocycles. The van der Waals surface area contributed by atoms with Gasteiger partial charge < -0.3 is 0 Å². The summed E-state index contributed by atoms with van der Waals surface area (Å²) in [6.45, 7) is 2.81. The van der Waals surface area contributed by atoms with E-state index in [1.54, 1.807) is 18.2 Å². The molecule has 0 spiro atoms. The third-order valence-corrected chi connectivity index (χ3v) is 3.73. The Hall–Kier alpha value is -1.20. The summed E-state index contributed by atoms with van der Waals surface area (Å²) in [7, 11) is 0. The van der Waals surface area contributed by atoms with Crippen LogP contribution in [-0.4, -0.2) is 15.6 Å². The van der Waals surface area contributed by atoms with Crippen LogP contribution < -0.4 is 0 Å². The van der Waals surface area contributed by atoms with E-state index < -0.39 is 0 Å². The average molecular weight is 384 g/mol. The van der Waals surface area contributed by atoms with Crippen LogP contribution in [0.25, 0.3) is 6.08 Å². The Balaban J connectivity index is 2.15. The molecule has 1 aromatic heterocycles. The standard InChI is InChI=1S/C14H12Br2N2O/c1-2-18-9-12(16)13(17-18)7-8-14(19)10-3-5-11(15)6-4-10/h3-9H,2H2,1H3/b8-7+. The summed E-state index contributed by atoms with van der Waals surface area (Å²) in [4.78, 5) is 12.0. The Bertz CT molecular complexity index is 615. The molecule has 0 saturated carbocycles. The first kappa shape index (κ1) is 14.2. The zero-order valence-electron chi connectivity index (χ0n) is 10.3. The summed E-state index contributed by atoms with van der Waals surface area (Å²) >= 11 is 6.76. The number of hydrogen-bond acceptors (Lipinski definition) is 2. The zero-order valence-corrected chi connectivity index (χ0v) is 13.5. The van der Waals surface area contributed by atoms with Crippen LogP contribution in [0.15, 0.2) is 45.5 Å². The normalized spacial score (nSPS) is 11.1. The maximum Gasteiger partial charge on any atom is 0.185 e. The van der Waals surface area contributed by atoms with Crippen molar-refractivity contribution < 1.29 is 4.79 Å². The molecular formula is C14H12Br2N2O. The number of ketones is 1. The van der Waals surface area contributed by atoms with Gasteiger partial charge in [-0.2, -0.15) is 5.10 Å². The highest BCUT2D eigenvalue weighted by molar-refractivity contribution is 9.10. The van der Waals surface area contributed by atoms with Gasteiger partial charge >= 0.3 is 0 Å². The molecule has 0 amide bonds. The number of nitrogens with zero attached hydrogens (tertiary/aromatic N) is 2. The first-order valence-electron chi connectivity index (χ1n) is 5.81. The maximum absolute atomic E-state index is 12.0. The molecule has 0 aliphatic rings. The second-order valence-electron chi connectivity index (χ2n) is 3.92. The minimum atomic E-state index is -0.0366. The SMILES string of the molecule is CCn1cc(Br)c(/C=C/C(=O)c2ccc(Br)cc2)n1. The number of aromatic nitrogens is 2. The van der Waals surface area contributed by atoms with Crippen molar-refractivity contribution in [1.29, 1.82) is 0 Å². The van der Waals surface area contributed by atoms with E-state index in [1.165, 1.54) is 6.08 Å². The lowest BCUT2D eigenvalue weighted by atomic mass is 10.1. The number of benzene rings is 1. The van der Waals surface area contributed by atoms with E-state index in [1.807, 2.05) is 29.9 Å². The highest BCUT2D eigenvalue weighted by Crippen LogP contribution is 2.17. The monoisotopic (exact) mass is 382 g/mol. The second-order valence-corrected chi connectivity index (χ2v) is 5.69. The van der Waals surface area contributed by atoms with Gasteiger partial charge in [-0.25, -0.2) is 0 Å². The van der Waals surface area contributed by atoms with Crippen LogP contribution in [0, 0.1) is 0 Å². The van der Waals surface area contributed by atoms with Gasteiger partial charge in [-0.1, -0.05) is 15.9 Å². The van der Waals surface area contributed by atoms with E-state index >= 15 is 0 Å². The fraction of sp³-hybridized carbons (Fsp3) is 0.143. The molecule has 98 valence electrons. The maximum atomic E-state index is 12.0. The van der Waals surface area contributed by atoms with Gasteiger partial charge in [0.15, 0.2) is 5.78 Å². The Labute approximate surface area is 128 Å². The smallest absolute Gasteiger partial charge is 0.185 e.